The summed E-state index contributed by atoms with van der Waals surface area (Å²) in [5.41, 5.74) is 1.90. The molecule has 1 atom stereocenters. The first kappa shape index (κ1) is 24.6. The number of imide groups is 1. The van der Waals surface area contributed by atoms with Crippen molar-refractivity contribution in [1.29, 1.82) is 5.26 Å². The van der Waals surface area contributed by atoms with Gasteiger partial charge in [-0.25, -0.2) is 4.79 Å². The van der Waals surface area contributed by atoms with Crippen molar-refractivity contribution in [2.75, 3.05) is 14.2 Å². The zero-order valence-corrected chi connectivity index (χ0v) is 20.9. The molecule has 0 bridgehead atoms. The van der Waals surface area contributed by atoms with Crippen LogP contribution in [0.2, 0.25) is 0 Å². The van der Waals surface area contributed by atoms with Crippen molar-refractivity contribution in [2.24, 2.45) is 0 Å². The number of rotatable bonds is 7. The Morgan fingerprint density at radius 1 is 1.27 bits per heavy atom. The topological polar surface area (TPSA) is 106 Å². The highest BCUT2D eigenvalue weighted by Gasteiger charge is 2.41. The minimum atomic E-state index is -1.02. The lowest BCUT2D eigenvalue weighted by molar-refractivity contribution is -0.148. The number of ether oxygens (including phenoxy) is 3. The highest BCUT2D eigenvalue weighted by molar-refractivity contribution is 14.1. The van der Waals surface area contributed by atoms with Crippen molar-refractivity contribution in [3.05, 3.63) is 61.6 Å². The average molecular weight is 578 g/mol. The lowest BCUT2D eigenvalue weighted by Gasteiger charge is -2.18. The Morgan fingerprint density at radius 2 is 2.00 bits per heavy atom. The number of carbonyl (C=O) groups is 3. The lowest BCUT2D eigenvalue weighted by Crippen LogP contribution is -2.42. The van der Waals surface area contributed by atoms with Gasteiger partial charge < -0.3 is 14.2 Å². The number of hydrogen-bond acceptors (Lipinski definition) is 8. The molecule has 33 heavy (non-hydrogen) atoms. The fourth-order valence-electron chi connectivity index (χ4n) is 3.11. The van der Waals surface area contributed by atoms with Crippen LogP contribution in [0, 0.1) is 14.9 Å². The summed E-state index contributed by atoms with van der Waals surface area (Å²) >= 11 is 2.84. The summed E-state index contributed by atoms with van der Waals surface area (Å²) in [6, 6.07) is 11.7. The van der Waals surface area contributed by atoms with E-state index in [0.717, 1.165) is 25.8 Å². The van der Waals surface area contributed by atoms with Crippen molar-refractivity contribution >= 4 is 57.5 Å². The number of carbonyl (C=O) groups excluding carboxylic acids is 3. The van der Waals surface area contributed by atoms with Crippen molar-refractivity contribution in [1.82, 2.24) is 4.90 Å². The molecule has 2 aromatic rings. The molecular formula is C23H19IN2O6S. The van der Waals surface area contributed by atoms with Crippen molar-refractivity contribution < 1.29 is 28.6 Å². The second kappa shape index (κ2) is 10.7. The molecule has 2 amide bonds. The third-order valence-electron chi connectivity index (χ3n) is 4.81. The van der Waals surface area contributed by atoms with Crippen LogP contribution in [0.3, 0.4) is 0 Å². The number of methoxy groups -OCH3 is 2. The molecule has 1 saturated heterocycles. The van der Waals surface area contributed by atoms with Crippen LogP contribution in [0.5, 0.6) is 11.5 Å². The molecule has 0 aromatic heterocycles. The molecule has 3 rings (SSSR count). The predicted octanol–water partition coefficient (Wildman–Crippen LogP) is 4.35. The SMILES string of the molecule is COC(=O)[C@H](C)N1C(=O)S/C(=C/c2cc(I)c(OCc3ccccc3C#N)c(OC)c2)C1=O. The molecule has 0 N–H and O–H groups in total. The van der Waals surface area contributed by atoms with E-state index >= 15 is 0 Å². The van der Waals surface area contributed by atoms with Crippen LogP contribution in [0.4, 0.5) is 4.79 Å². The molecule has 8 nitrogen and oxygen atoms in total. The molecule has 1 fully saturated rings. The Labute approximate surface area is 208 Å². The van der Waals surface area contributed by atoms with Gasteiger partial charge in [0.25, 0.3) is 11.1 Å². The number of nitriles is 1. The van der Waals surface area contributed by atoms with E-state index < -0.39 is 23.2 Å². The summed E-state index contributed by atoms with van der Waals surface area (Å²) < 4.78 is 16.8. The highest BCUT2D eigenvalue weighted by Crippen LogP contribution is 2.38. The number of hydrogen-bond donors (Lipinski definition) is 0. The first-order chi connectivity index (χ1) is 15.8. The molecule has 0 spiro atoms. The van der Waals surface area contributed by atoms with E-state index in [-0.39, 0.29) is 11.5 Å². The maximum absolute atomic E-state index is 12.7. The lowest BCUT2D eigenvalue weighted by atomic mass is 10.1. The molecule has 0 unspecified atom stereocenters. The van der Waals surface area contributed by atoms with Gasteiger partial charge in [-0.2, -0.15) is 5.26 Å². The summed E-state index contributed by atoms with van der Waals surface area (Å²) in [4.78, 5) is 37.9. The third kappa shape index (κ3) is 5.31. The van der Waals surface area contributed by atoms with Crippen LogP contribution >= 0.6 is 34.4 Å². The Balaban J connectivity index is 1.86. The number of nitrogens with zero attached hydrogens (tertiary/aromatic N) is 2. The van der Waals surface area contributed by atoms with E-state index in [0.29, 0.717) is 22.6 Å². The Bertz CT molecular complexity index is 1190. The Hall–Kier alpha value is -3.04. The largest absolute Gasteiger partial charge is 0.493 e. The van der Waals surface area contributed by atoms with Crippen molar-refractivity contribution in [3.8, 4) is 17.6 Å². The van der Waals surface area contributed by atoms with Gasteiger partial charge in [0.05, 0.1) is 34.3 Å². The zero-order valence-electron chi connectivity index (χ0n) is 18.0. The van der Waals surface area contributed by atoms with Crippen LogP contribution in [0.25, 0.3) is 6.08 Å². The first-order valence-electron chi connectivity index (χ1n) is 9.64. The zero-order chi connectivity index (χ0) is 24.1. The quantitative estimate of drug-likeness (QED) is 0.272. The summed E-state index contributed by atoms with van der Waals surface area (Å²) in [5, 5.41) is 8.72. The molecule has 0 radical (unpaired) electrons. The molecule has 10 heteroatoms. The molecule has 170 valence electrons. The summed E-state index contributed by atoms with van der Waals surface area (Å²) in [6.07, 6.45) is 1.56. The second-order valence-corrected chi connectivity index (χ2v) is 9.00. The Kier molecular flexibility index (Phi) is 7.99. The van der Waals surface area contributed by atoms with E-state index in [1.807, 2.05) is 12.1 Å². The fraction of sp³-hybridized carbons (Fsp3) is 0.217. The van der Waals surface area contributed by atoms with Crippen molar-refractivity contribution in [3.63, 3.8) is 0 Å². The summed E-state index contributed by atoms with van der Waals surface area (Å²) in [7, 11) is 2.70. The van der Waals surface area contributed by atoms with Crippen LogP contribution < -0.4 is 9.47 Å². The molecule has 1 aliphatic rings. The van der Waals surface area contributed by atoms with Gasteiger partial charge in [0.2, 0.25) is 0 Å². The molecule has 0 aliphatic carbocycles. The number of amides is 2. The standard InChI is InChI=1S/C23H19IN2O6S/c1-13(22(28)31-3)26-21(27)19(33-23(26)29)10-14-8-17(24)20(18(9-14)30-2)32-12-16-7-5-4-6-15(16)11-25/h4-10,13H,12H2,1-3H3/b19-10+/t13-/m0/s1. The predicted molar refractivity (Wildman–Crippen MR) is 130 cm³/mol. The van der Waals surface area contributed by atoms with Gasteiger partial charge in [0.15, 0.2) is 11.5 Å². The van der Waals surface area contributed by atoms with Crippen LogP contribution in [-0.2, 0) is 20.9 Å². The van der Waals surface area contributed by atoms with Crippen LogP contribution in [0.1, 0.15) is 23.6 Å². The van der Waals surface area contributed by atoms with E-state index in [1.165, 1.54) is 21.1 Å². The molecule has 1 heterocycles. The van der Waals surface area contributed by atoms with Gasteiger partial charge >= 0.3 is 5.97 Å². The van der Waals surface area contributed by atoms with Crippen molar-refractivity contribution in [2.45, 2.75) is 19.6 Å². The number of esters is 1. The van der Waals surface area contributed by atoms with Gasteiger partial charge in [-0.3, -0.25) is 14.5 Å². The number of thioether (sulfide) groups is 1. The number of benzene rings is 2. The van der Waals surface area contributed by atoms with E-state index in [9.17, 15) is 19.6 Å². The van der Waals surface area contributed by atoms with E-state index in [1.54, 1.807) is 30.3 Å². The minimum absolute atomic E-state index is 0.180. The summed E-state index contributed by atoms with van der Waals surface area (Å²) in [5.74, 6) is -0.306. The van der Waals surface area contributed by atoms with Gasteiger partial charge in [-0.15, -0.1) is 0 Å². The fourth-order valence-corrected chi connectivity index (χ4v) is 4.80. The highest BCUT2D eigenvalue weighted by atomic mass is 127. The minimum Gasteiger partial charge on any atom is -0.493 e. The maximum atomic E-state index is 12.7. The Morgan fingerprint density at radius 3 is 2.67 bits per heavy atom. The monoisotopic (exact) mass is 578 g/mol. The van der Waals surface area contributed by atoms with E-state index in [4.69, 9.17) is 9.47 Å². The number of halogens is 1. The van der Waals surface area contributed by atoms with Gasteiger partial charge in [0.1, 0.15) is 12.6 Å². The van der Waals surface area contributed by atoms with Crippen LogP contribution in [0.15, 0.2) is 41.3 Å². The van der Waals surface area contributed by atoms with Gasteiger partial charge in [0, 0.05) is 5.56 Å². The smallest absolute Gasteiger partial charge is 0.328 e. The summed E-state index contributed by atoms with van der Waals surface area (Å²) in [6.45, 7) is 1.62. The van der Waals surface area contributed by atoms with Gasteiger partial charge in [-0.1, -0.05) is 18.2 Å². The molecule has 1 aliphatic heterocycles. The average Bonchev–Trinajstić information content (AvgIpc) is 3.09. The van der Waals surface area contributed by atoms with E-state index in [2.05, 4.69) is 33.4 Å². The molecular weight excluding hydrogens is 559 g/mol. The maximum Gasteiger partial charge on any atom is 0.328 e. The third-order valence-corrected chi connectivity index (χ3v) is 6.50. The first-order valence-corrected chi connectivity index (χ1v) is 11.5. The normalized spacial score (nSPS) is 15.4. The second-order valence-electron chi connectivity index (χ2n) is 6.84. The van der Waals surface area contributed by atoms with Gasteiger partial charge in [-0.05, 0) is 71.1 Å². The van der Waals surface area contributed by atoms with Crippen LogP contribution in [-0.4, -0.2) is 42.3 Å². The molecule has 0 saturated carbocycles. The molecule has 2 aromatic carbocycles.